The molecule has 0 spiro atoms. The molecule has 1 aliphatic carbocycles. The van der Waals surface area contributed by atoms with Gasteiger partial charge in [0.1, 0.15) is 5.54 Å². The van der Waals surface area contributed by atoms with Crippen LogP contribution in [-0.4, -0.2) is 44.1 Å². The van der Waals surface area contributed by atoms with E-state index in [2.05, 4.69) is 5.32 Å². The Hall–Kier alpha value is -0.620. The summed E-state index contributed by atoms with van der Waals surface area (Å²) in [5, 5.41) is 2.45. The van der Waals surface area contributed by atoms with Crippen LogP contribution in [0, 0.1) is 0 Å². The third-order valence-corrected chi connectivity index (χ3v) is 4.96. The van der Waals surface area contributed by atoms with E-state index in [9.17, 15) is 13.2 Å². The molecule has 0 aromatic heterocycles. The largest absolute Gasteiger partial charge is 0.465 e. The molecule has 1 fully saturated rings. The summed E-state index contributed by atoms with van der Waals surface area (Å²) < 4.78 is 28.9. The SMILES string of the molecule is CCOC(=O)C1(NC(C)C)CCCC1S(C)(=O)=O. The van der Waals surface area contributed by atoms with E-state index in [1.165, 1.54) is 6.26 Å². The lowest BCUT2D eigenvalue weighted by atomic mass is 9.96. The number of nitrogens with one attached hydrogen (secondary N) is 1. The summed E-state index contributed by atoms with van der Waals surface area (Å²) in [7, 11) is -3.28. The fourth-order valence-corrected chi connectivity index (χ4v) is 4.39. The van der Waals surface area contributed by atoms with Crippen molar-refractivity contribution in [1.82, 2.24) is 5.32 Å². The molecule has 0 radical (unpaired) electrons. The molecule has 6 heteroatoms. The Kier molecular flexibility index (Phi) is 4.78. The molecule has 18 heavy (non-hydrogen) atoms. The van der Waals surface area contributed by atoms with Crippen molar-refractivity contribution < 1.29 is 17.9 Å². The quantitative estimate of drug-likeness (QED) is 0.755. The standard InChI is InChI=1S/C12H23NO4S/c1-5-17-11(14)12(13-9(2)3)8-6-7-10(12)18(4,15)16/h9-10,13H,5-8H2,1-4H3. The van der Waals surface area contributed by atoms with E-state index < -0.39 is 26.6 Å². The molecular formula is C12H23NO4S. The number of hydrogen-bond acceptors (Lipinski definition) is 5. The monoisotopic (exact) mass is 277 g/mol. The van der Waals surface area contributed by atoms with E-state index in [4.69, 9.17) is 4.74 Å². The van der Waals surface area contributed by atoms with Crippen molar-refractivity contribution in [2.24, 2.45) is 0 Å². The van der Waals surface area contributed by atoms with Crippen LogP contribution in [0.25, 0.3) is 0 Å². The van der Waals surface area contributed by atoms with Crippen LogP contribution in [0.5, 0.6) is 0 Å². The average molecular weight is 277 g/mol. The van der Waals surface area contributed by atoms with Crippen molar-refractivity contribution in [2.75, 3.05) is 12.9 Å². The molecule has 1 rings (SSSR count). The molecular weight excluding hydrogens is 254 g/mol. The second-order valence-corrected chi connectivity index (χ2v) is 7.43. The van der Waals surface area contributed by atoms with Crippen LogP contribution >= 0.6 is 0 Å². The number of hydrogen-bond donors (Lipinski definition) is 1. The fourth-order valence-electron chi connectivity index (χ4n) is 2.79. The van der Waals surface area contributed by atoms with Gasteiger partial charge in [0.05, 0.1) is 11.9 Å². The predicted octanol–water partition coefficient (Wildman–Crippen LogP) is 0.883. The van der Waals surface area contributed by atoms with Gasteiger partial charge in [-0.05, 0) is 40.0 Å². The Morgan fingerprint density at radius 3 is 2.56 bits per heavy atom. The molecule has 0 amide bonds. The summed E-state index contributed by atoms with van der Waals surface area (Å²) in [6, 6.07) is 0.0248. The topological polar surface area (TPSA) is 72.5 Å². The molecule has 1 saturated carbocycles. The van der Waals surface area contributed by atoms with Gasteiger partial charge in [-0.1, -0.05) is 0 Å². The van der Waals surface area contributed by atoms with Crippen LogP contribution in [0.4, 0.5) is 0 Å². The lowest BCUT2D eigenvalue weighted by Gasteiger charge is -2.34. The zero-order valence-electron chi connectivity index (χ0n) is 11.5. The summed E-state index contributed by atoms with van der Waals surface area (Å²) in [6.07, 6.45) is 2.94. The lowest BCUT2D eigenvalue weighted by molar-refractivity contribution is -0.151. The van der Waals surface area contributed by atoms with Gasteiger partial charge in [0.25, 0.3) is 0 Å². The van der Waals surface area contributed by atoms with E-state index >= 15 is 0 Å². The Labute approximate surface area is 109 Å². The summed E-state index contributed by atoms with van der Waals surface area (Å²) in [6.45, 7) is 5.79. The maximum Gasteiger partial charge on any atom is 0.327 e. The molecule has 2 atom stereocenters. The van der Waals surface area contributed by atoms with E-state index in [1.807, 2.05) is 13.8 Å². The summed E-state index contributed by atoms with van der Waals surface area (Å²) >= 11 is 0. The van der Waals surface area contributed by atoms with E-state index in [1.54, 1.807) is 6.92 Å². The number of sulfone groups is 1. The molecule has 0 aliphatic heterocycles. The average Bonchev–Trinajstić information content (AvgIpc) is 2.61. The van der Waals surface area contributed by atoms with E-state index in [0.717, 1.165) is 6.42 Å². The van der Waals surface area contributed by atoms with Gasteiger partial charge >= 0.3 is 5.97 Å². The molecule has 2 unspecified atom stereocenters. The van der Waals surface area contributed by atoms with Gasteiger partial charge in [-0.2, -0.15) is 0 Å². The number of rotatable bonds is 5. The van der Waals surface area contributed by atoms with Gasteiger partial charge in [-0.25, -0.2) is 8.42 Å². The molecule has 5 nitrogen and oxygen atoms in total. The molecule has 1 N–H and O–H groups in total. The zero-order chi connectivity index (χ0) is 14.0. The minimum Gasteiger partial charge on any atom is -0.465 e. The second-order valence-electron chi connectivity index (χ2n) is 5.20. The maximum atomic E-state index is 12.2. The highest BCUT2D eigenvalue weighted by Crippen LogP contribution is 2.36. The fraction of sp³-hybridized carbons (Fsp3) is 0.917. The smallest absolute Gasteiger partial charge is 0.327 e. The third kappa shape index (κ3) is 3.03. The lowest BCUT2D eigenvalue weighted by Crippen LogP contribution is -2.61. The Morgan fingerprint density at radius 1 is 1.50 bits per heavy atom. The molecule has 0 saturated heterocycles. The summed E-state index contributed by atoms with van der Waals surface area (Å²) in [4.78, 5) is 12.2. The summed E-state index contributed by atoms with van der Waals surface area (Å²) in [5.41, 5.74) is -1.07. The number of carbonyl (C=O) groups is 1. The first kappa shape index (κ1) is 15.4. The summed E-state index contributed by atoms with van der Waals surface area (Å²) in [5.74, 6) is -0.438. The van der Waals surface area contributed by atoms with Crippen molar-refractivity contribution in [3.8, 4) is 0 Å². The molecule has 1 aliphatic rings. The van der Waals surface area contributed by atoms with Crippen LogP contribution in [-0.2, 0) is 19.4 Å². The first-order valence-corrected chi connectivity index (χ1v) is 8.33. The van der Waals surface area contributed by atoms with Gasteiger partial charge in [0.15, 0.2) is 9.84 Å². The number of carbonyl (C=O) groups excluding carboxylic acids is 1. The van der Waals surface area contributed by atoms with E-state index in [0.29, 0.717) is 12.8 Å². The van der Waals surface area contributed by atoms with Crippen LogP contribution in [0.15, 0.2) is 0 Å². The van der Waals surface area contributed by atoms with Gasteiger partial charge < -0.3 is 4.74 Å². The first-order valence-electron chi connectivity index (χ1n) is 6.38. The third-order valence-electron chi connectivity index (χ3n) is 3.29. The molecule has 106 valence electrons. The number of esters is 1. The highest BCUT2D eigenvalue weighted by atomic mass is 32.2. The van der Waals surface area contributed by atoms with E-state index in [-0.39, 0.29) is 12.6 Å². The van der Waals surface area contributed by atoms with Gasteiger partial charge in [0.2, 0.25) is 0 Å². The maximum absolute atomic E-state index is 12.2. The normalized spacial score (nSPS) is 28.6. The molecule has 0 aromatic rings. The van der Waals surface area contributed by atoms with Gasteiger partial charge in [0, 0.05) is 12.3 Å². The minimum absolute atomic E-state index is 0.0248. The van der Waals surface area contributed by atoms with Crippen molar-refractivity contribution >= 4 is 15.8 Å². The first-order chi connectivity index (χ1) is 8.24. The predicted molar refractivity (Wildman–Crippen MR) is 70.1 cm³/mol. The number of ether oxygens (including phenoxy) is 1. The molecule has 0 bridgehead atoms. The Bertz CT molecular complexity index is 404. The second kappa shape index (κ2) is 5.57. The van der Waals surface area contributed by atoms with Gasteiger partial charge in [-0.3, -0.25) is 10.1 Å². The van der Waals surface area contributed by atoms with Crippen LogP contribution in [0.3, 0.4) is 0 Å². The van der Waals surface area contributed by atoms with Crippen molar-refractivity contribution in [3.05, 3.63) is 0 Å². The van der Waals surface area contributed by atoms with Crippen LogP contribution in [0.2, 0.25) is 0 Å². The molecule has 0 heterocycles. The van der Waals surface area contributed by atoms with Gasteiger partial charge in [-0.15, -0.1) is 0 Å². The van der Waals surface area contributed by atoms with Crippen LogP contribution in [0.1, 0.15) is 40.0 Å². The van der Waals surface area contributed by atoms with Crippen LogP contribution < -0.4 is 5.32 Å². The Balaban J connectivity index is 3.14. The highest BCUT2D eigenvalue weighted by molar-refractivity contribution is 7.91. The minimum atomic E-state index is -3.28. The Morgan fingerprint density at radius 2 is 2.11 bits per heavy atom. The van der Waals surface area contributed by atoms with Crippen molar-refractivity contribution in [3.63, 3.8) is 0 Å². The highest BCUT2D eigenvalue weighted by Gasteiger charge is 2.54. The van der Waals surface area contributed by atoms with Crippen molar-refractivity contribution in [1.29, 1.82) is 0 Å². The zero-order valence-corrected chi connectivity index (χ0v) is 12.3. The molecule has 0 aromatic carbocycles. The van der Waals surface area contributed by atoms with Crippen molar-refractivity contribution in [2.45, 2.75) is 56.9 Å².